The molecule has 0 aliphatic carbocycles. The largest absolute Gasteiger partial charge is 0.369 e. The third kappa shape index (κ3) is 3.28. The van der Waals surface area contributed by atoms with Gasteiger partial charge in [0.25, 0.3) is 0 Å². The molecule has 1 aliphatic rings. The highest BCUT2D eigenvalue weighted by atomic mass is 35.5. The number of piperazine rings is 1. The lowest BCUT2D eigenvalue weighted by molar-refractivity contribution is -0.132. The molecule has 9 heteroatoms. The molecule has 1 aliphatic heterocycles. The molecule has 0 saturated carbocycles. The Hall–Kier alpha value is -1.38. The first-order valence-electron chi connectivity index (χ1n) is 6.49. The fraction of sp³-hybridized carbons (Fsp3) is 0.500. The second-order valence-electron chi connectivity index (χ2n) is 4.69. The number of nitrogens with zero attached hydrogens (tertiary/aromatic N) is 3. The van der Waals surface area contributed by atoms with Crippen LogP contribution in [-0.4, -0.2) is 61.7 Å². The zero-order valence-electron chi connectivity index (χ0n) is 11.8. The van der Waals surface area contributed by atoms with Gasteiger partial charge in [-0.15, -0.1) is 0 Å². The zero-order valence-corrected chi connectivity index (χ0v) is 13.4. The van der Waals surface area contributed by atoms with E-state index in [0.29, 0.717) is 18.9 Å². The minimum Gasteiger partial charge on any atom is -0.369 e. The molecular formula is C12H17ClN4O3S. The van der Waals surface area contributed by atoms with Gasteiger partial charge >= 0.3 is 0 Å². The van der Waals surface area contributed by atoms with Gasteiger partial charge in [-0.25, -0.2) is 13.4 Å². The van der Waals surface area contributed by atoms with E-state index in [0.717, 1.165) is 4.31 Å². The topological polar surface area (TPSA) is 82.6 Å². The van der Waals surface area contributed by atoms with Gasteiger partial charge in [0.15, 0.2) is 0 Å². The number of halogens is 1. The van der Waals surface area contributed by atoms with Crippen LogP contribution in [0.2, 0.25) is 5.02 Å². The zero-order chi connectivity index (χ0) is 15.6. The van der Waals surface area contributed by atoms with Gasteiger partial charge in [-0.3, -0.25) is 4.79 Å². The van der Waals surface area contributed by atoms with E-state index in [2.05, 4.69) is 10.3 Å². The van der Waals surface area contributed by atoms with Crippen molar-refractivity contribution in [3.63, 3.8) is 0 Å². The predicted octanol–water partition coefficient (Wildman–Crippen LogP) is 0.629. The van der Waals surface area contributed by atoms with E-state index < -0.39 is 10.0 Å². The molecule has 1 saturated heterocycles. The lowest BCUT2D eigenvalue weighted by atomic mass is 10.4. The summed E-state index contributed by atoms with van der Waals surface area (Å²) in [5, 5.41) is 3.17. The summed E-state index contributed by atoms with van der Waals surface area (Å²) in [5.74, 6) is 0.209. The molecule has 116 valence electrons. The van der Waals surface area contributed by atoms with Crippen molar-refractivity contribution in [1.29, 1.82) is 0 Å². The summed E-state index contributed by atoms with van der Waals surface area (Å²) in [7, 11) is -2.11. The smallest absolute Gasteiger partial charge is 0.245 e. The SMILES string of the molecule is CCNc1ncc(S(=O)(=O)N2CCN(C)C(=O)C2)cc1Cl. The number of sulfonamides is 1. The molecular weight excluding hydrogens is 316 g/mol. The van der Waals surface area contributed by atoms with Gasteiger partial charge in [-0.1, -0.05) is 11.6 Å². The Morgan fingerprint density at radius 2 is 2.14 bits per heavy atom. The van der Waals surface area contributed by atoms with Crippen molar-refractivity contribution in [2.75, 3.05) is 38.5 Å². The van der Waals surface area contributed by atoms with Crippen molar-refractivity contribution in [2.24, 2.45) is 0 Å². The van der Waals surface area contributed by atoms with Crippen LogP contribution in [0.4, 0.5) is 5.82 Å². The Kier molecular flexibility index (Phi) is 4.70. The number of hydrogen-bond acceptors (Lipinski definition) is 5. The van der Waals surface area contributed by atoms with Crippen LogP contribution in [0.15, 0.2) is 17.2 Å². The van der Waals surface area contributed by atoms with Crippen molar-refractivity contribution in [3.8, 4) is 0 Å². The van der Waals surface area contributed by atoms with E-state index in [4.69, 9.17) is 11.6 Å². The minimum absolute atomic E-state index is 0.00786. The summed E-state index contributed by atoms with van der Waals surface area (Å²) < 4.78 is 26.1. The van der Waals surface area contributed by atoms with Crippen LogP contribution in [0.25, 0.3) is 0 Å². The Balaban J connectivity index is 2.27. The molecule has 0 atom stereocenters. The molecule has 0 spiro atoms. The second kappa shape index (κ2) is 6.17. The molecule has 0 aromatic carbocycles. The number of nitrogens with one attached hydrogen (secondary N) is 1. The number of rotatable bonds is 4. The number of carbonyl (C=O) groups is 1. The highest BCUT2D eigenvalue weighted by Gasteiger charge is 2.32. The van der Waals surface area contributed by atoms with Gasteiger partial charge in [0.05, 0.1) is 11.6 Å². The highest BCUT2D eigenvalue weighted by Crippen LogP contribution is 2.25. The summed E-state index contributed by atoms with van der Waals surface area (Å²) in [6, 6.07) is 1.35. The molecule has 1 amide bonds. The number of anilines is 1. The average Bonchev–Trinajstić information content (AvgIpc) is 2.44. The van der Waals surface area contributed by atoms with Crippen LogP contribution >= 0.6 is 11.6 Å². The molecule has 21 heavy (non-hydrogen) atoms. The molecule has 2 rings (SSSR count). The Morgan fingerprint density at radius 1 is 1.43 bits per heavy atom. The first-order chi connectivity index (χ1) is 9.86. The van der Waals surface area contributed by atoms with E-state index in [1.807, 2.05) is 6.92 Å². The van der Waals surface area contributed by atoms with Crippen molar-refractivity contribution < 1.29 is 13.2 Å². The van der Waals surface area contributed by atoms with E-state index in [-0.39, 0.29) is 28.9 Å². The van der Waals surface area contributed by atoms with Crippen molar-refractivity contribution in [1.82, 2.24) is 14.2 Å². The van der Waals surface area contributed by atoms with Gasteiger partial charge < -0.3 is 10.2 Å². The van der Waals surface area contributed by atoms with Gasteiger partial charge in [0.2, 0.25) is 15.9 Å². The normalized spacial score (nSPS) is 17.1. The quantitative estimate of drug-likeness (QED) is 0.874. The third-order valence-electron chi connectivity index (χ3n) is 3.22. The molecule has 2 heterocycles. The Morgan fingerprint density at radius 3 is 2.71 bits per heavy atom. The molecule has 0 radical (unpaired) electrons. The van der Waals surface area contributed by atoms with Gasteiger partial charge in [-0.05, 0) is 13.0 Å². The van der Waals surface area contributed by atoms with E-state index in [1.165, 1.54) is 17.2 Å². The molecule has 1 fully saturated rings. The lowest BCUT2D eigenvalue weighted by Gasteiger charge is -2.31. The maximum atomic E-state index is 12.5. The van der Waals surface area contributed by atoms with E-state index in [9.17, 15) is 13.2 Å². The van der Waals surface area contributed by atoms with Crippen molar-refractivity contribution in [3.05, 3.63) is 17.3 Å². The van der Waals surface area contributed by atoms with Gasteiger partial charge in [0.1, 0.15) is 10.7 Å². The fourth-order valence-electron chi connectivity index (χ4n) is 1.95. The molecule has 1 aromatic rings. The van der Waals surface area contributed by atoms with Gasteiger partial charge in [-0.2, -0.15) is 4.31 Å². The Bertz CT molecular complexity index is 650. The van der Waals surface area contributed by atoms with Crippen LogP contribution < -0.4 is 5.32 Å². The monoisotopic (exact) mass is 332 g/mol. The third-order valence-corrected chi connectivity index (χ3v) is 5.32. The number of likely N-dealkylation sites (N-methyl/N-ethyl adjacent to an activating group) is 1. The molecule has 1 N–H and O–H groups in total. The predicted molar refractivity (Wildman–Crippen MR) is 79.8 cm³/mol. The molecule has 0 unspecified atom stereocenters. The van der Waals surface area contributed by atoms with Crippen molar-refractivity contribution >= 4 is 33.3 Å². The number of amides is 1. The lowest BCUT2D eigenvalue weighted by Crippen LogP contribution is -2.50. The van der Waals surface area contributed by atoms with Gasteiger partial charge in [0, 0.05) is 32.9 Å². The molecule has 7 nitrogen and oxygen atoms in total. The highest BCUT2D eigenvalue weighted by molar-refractivity contribution is 7.89. The number of aromatic nitrogens is 1. The number of carbonyl (C=O) groups excluding carboxylic acids is 1. The number of pyridine rings is 1. The van der Waals surface area contributed by atoms with Crippen LogP contribution in [0.1, 0.15) is 6.92 Å². The molecule has 1 aromatic heterocycles. The van der Waals surface area contributed by atoms with Crippen LogP contribution in [0, 0.1) is 0 Å². The maximum absolute atomic E-state index is 12.5. The Labute approximate surface area is 128 Å². The minimum atomic E-state index is -3.76. The second-order valence-corrected chi connectivity index (χ2v) is 7.03. The van der Waals surface area contributed by atoms with Crippen LogP contribution in [0.3, 0.4) is 0 Å². The summed E-state index contributed by atoms with van der Waals surface area (Å²) in [6.07, 6.45) is 1.25. The van der Waals surface area contributed by atoms with Crippen molar-refractivity contribution in [2.45, 2.75) is 11.8 Å². The summed E-state index contributed by atoms with van der Waals surface area (Å²) in [5.41, 5.74) is 0. The first kappa shape index (κ1) is 16.0. The van der Waals surface area contributed by atoms with E-state index >= 15 is 0 Å². The number of hydrogen-bond donors (Lipinski definition) is 1. The molecule has 0 bridgehead atoms. The standard InChI is InChI=1S/C12H17ClN4O3S/c1-3-14-12-10(13)6-9(7-15-12)21(19,20)17-5-4-16(2)11(18)8-17/h6-7H,3-5,8H2,1-2H3,(H,14,15). The maximum Gasteiger partial charge on any atom is 0.245 e. The van der Waals surface area contributed by atoms with Crippen LogP contribution in [0.5, 0.6) is 0 Å². The summed E-state index contributed by atoms with van der Waals surface area (Å²) in [4.78, 5) is 17.2. The van der Waals surface area contributed by atoms with Crippen LogP contribution in [-0.2, 0) is 14.8 Å². The summed E-state index contributed by atoms with van der Waals surface area (Å²) >= 11 is 6.02. The fourth-order valence-corrected chi connectivity index (χ4v) is 3.60. The average molecular weight is 333 g/mol. The summed E-state index contributed by atoms with van der Waals surface area (Å²) in [6.45, 7) is 2.99. The first-order valence-corrected chi connectivity index (χ1v) is 8.31. The van der Waals surface area contributed by atoms with E-state index in [1.54, 1.807) is 7.05 Å².